The van der Waals surface area contributed by atoms with Crippen LogP contribution in [0.5, 0.6) is 0 Å². The molecular formula is C26H36F3N5O4. The minimum Gasteiger partial charge on any atom is -0.389 e. The van der Waals surface area contributed by atoms with Crippen LogP contribution in [0.4, 0.5) is 19.0 Å². The average Bonchev–Trinajstić information content (AvgIpc) is 3.62. The summed E-state index contributed by atoms with van der Waals surface area (Å²) in [6.07, 6.45) is 2.06. The van der Waals surface area contributed by atoms with Crippen molar-refractivity contribution in [2.24, 2.45) is 5.41 Å². The van der Waals surface area contributed by atoms with Crippen molar-refractivity contribution in [1.82, 2.24) is 20.2 Å². The Bertz CT molecular complexity index is 1060. The van der Waals surface area contributed by atoms with Crippen LogP contribution in [0.1, 0.15) is 57.1 Å². The van der Waals surface area contributed by atoms with Crippen LogP contribution in [-0.2, 0) is 20.4 Å². The number of hydrogen-bond donors (Lipinski definition) is 2. The lowest BCUT2D eigenvalue weighted by Crippen LogP contribution is -2.63. The first kappa shape index (κ1) is 26.2. The molecule has 0 spiro atoms. The van der Waals surface area contributed by atoms with Crippen molar-refractivity contribution in [3.8, 4) is 0 Å². The number of methoxy groups -OCH3 is 1. The number of nitrogens with one attached hydrogen (secondary N) is 1. The Kier molecular flexibility index (Phi) is 6.60. The topological polar surface area (TPSA) is 100 Å². The van der Waals surface area contributed by atoms with Crippen molar-refractivity contribution in [3.63, 3.8) is 0 Å². The Morgan fingerprint density at radius 1 is 1.21 bits per heavy atom. The van der Waals surface area contributed by atoms with Gasteiger partial charge in [0.1, 0.15) is 17.8 Å². The number of piperazine rings is 1. The lowest BCUT2D eigenvalue weighted by Gasteiger charge is -2.52. The number of ether oxygens (including phenoxy) is 2. The van der Waals surface area contributed by atoms with Gasteiger partial charge in [-0.25, -0.2) is 9.97 Å². The second-order valence-corrected chi connectivity index (χ2v) is 11.7. The zero-order valence-corrected chi connectivity index (χ0v) is 21.6. The molecule has 9 nitrogen and oxygen atoms in total. The van der Waals surface area contributed by atoms with Crippen LogP contribution in [0, 0.1) is 5.41 Å². The Hall–Kier alpha value is -2.02. The third-order valence-corrected chi connectivity index (χ3v) is 9.79. The maximum atomic E-state index is 14.3. The fourth-order valence-electron chi connectivity index (χ4n) is 7.56. The van der Waals surface area contributed by atoms with E-state index in [1.54, 1.807) is 7.11 Å². The van der Waals surface area contributed by atoms with E-state index < -0.39 is 22.9 Å². The number of aliphatic hydroxyl groups is 1. The van der Waals surface area contributed by atoms with Crippen molar-refractivity contribution in [2.45, 2.75) is 93.4 Å². The van der Waals surface area contributed by atoms with Gasteiger partial charge in [-0.2, -0.15) is 13.2 Å². The lowest BCUT2D eigenvalue weighted by atomic mass is 9.59. The normalized spacial score (nSPS) is 36.5. The molecule has 1 amide bonds. The molecule has 5 aliphatic rings. The summed E-state index contributed by atoms with van der Waals surface area (Å²) in [5.41, 5.74) is -2.81. The molecule has 38 heavy (non-hydrogen) atoms. The van der Waals surface area contributed by atoms with Crippen LogP contribution in [0.15, 0.2) is 12.4 Å². The quantitative estimate of drug-likeness (QED) is 0.568. The summed E-state index contributed by atoms with van der Waals surface area (Å²) in [6, 6.07) is 1.02. The van der Waals surface area contributed by atoms with Crippen LogP contribution < -0.4 is 10.2 Å². The van der Waals surface area contributed by atoms with Gasteiger partial charge in [0.05, 0.1) is 35.8 Å². The van der Waals surface area contributed by atoms with E-state index in [4.69, 9.17) is 9.47 Å². The van der Waals surface area contributed by atoms with E-state index in [0.717, 1.165) is 31.7 Å². The fourth-order valence-corrected chi connectivity index (χ4v) is 7.56. The molecule has 6 rings (SSSR count). The minimum absolute atomic E-state index is 0.00471. The van der Waals surface area contributed by atoms with Gasteiger partial charge in [-0.05, 0) is 51.4 Å². The van der Waals surface area contributed by atoms with Crippen molar-refractivity contribution in [2.75, 3.05) is 38.3 Å². The molecule has 2 N–H and O–H groups in total. The Balaban J connectivity index is 1.17. The van der Waals surface area contributed by atoms with Gasteiger partial charge in [-0.3, -0.25) is 4.79 Å². The molecule has 2 bridgehead atoms. The summed E-state index contributed by atoms with van der Waals surface area (Å²) in [5, 5.41) is 15.4. The van der Waals surface area contributed by atoms with Gasteiger partial charge in [0.25, 0.3) is 0 Å². The highest BCUT2D eigenvalue weighted by atomic mass is 19.4. The number of carbonyl (C=O) groups is 1. The highest BCUT2D eigenvalue weighted by Crippen LogP contribution is 2.57. The third kappa shape index (κ3) is 4.28. The zero-order valence-electron chi connectivity index (χ0n) is 21.6. The molecule has 5 fully saturated rings. The summed E-state index contributed by atoms with van der Waals surface area (Å²) >= 11 is 0. The number of rotatable bonds is 6. The predicted molar refractivity (Wildman–Crippen MR) is 130 cm³/mol. The number of halogens is 3. The van der Waals surface area contributed by atoms with Crippen LogP contribution >= 0.6 is 0 Å². The predicted octanol–water partition coefficient (Wildman–Crippen LogP) is 2.13. The highest BCUT2D eigenvalue weighted by Gasteiger charge is 2.64. The molecule has 210 valence electrons. The van der Waals surface area contributed by atoms with Crippen molar-refractivity contribution in [1.29, 1.82) is 0 Å². The van der Waals surface area contributed by atoms with E-state index in [1.807, 2.05) is 9.80 Å². The third-order valence-electron chi connectivity index (χ3n) is 9.79. The van der Waals surface area contributed by atoms with E-state index in [9.17, 15) is 23.1 Å². The van der Waals surface area contributed by atoms with E-state index in [-0.39, 0.29) is 42.0 Å². The minimum atomic E-state index is -4.54. The van der Waals surface area contributed by atoms with Crippen LogP contribution in [-0.4, -0.2) is 95.2 Å². The number of likely N-dealkylation sites (tertiary alicyclic amines) is 1. The summed E-state index contributed by atoms with van der Waals surface area (Å²) in [4.78, 5) is 25.5. The van der Waals surface area contributed by atoms with Crippen LogP contribution in [0.25, 0.3) is 0 Å². The molecule has 1 aromatic heterocycles. The first-order chi connectivity index (χ1) is 18.1. The van der Waals surface area contributed by atoms with E-state index in [1.165, 1.54) is 0 Å². The van der Waals surface area contributed by atoms with Crippen molar-refractivity contribution < 1.29 is 32.5 Å². The van der Waals surface area contributed by atoms with Crippen LogP contribution in [0.3, 0.4) is 0 Å². The SMILES string of the molecule is CO[C@@H]1COCC[C@@H]1N[C@@H]1CC[C@@](C(=O)N2C[C@@H]3C[C@H]2CN3c2cc(C(F)(F)F)ncn2)(C2(O)CCC2)C1. The number of anilines is 1. The number of fused-ring (bicyclic) bond motifs is 2. The Morgan fingerprint density at radius 2 is 2.03 bits per heavy atom. The largest absolute Gasteiger partial charge is 0.433 e. The standard InChI is InChI=1S/C26H36F3N5O4/c1-37-20-14-38-8-4-19(20)32-16-3-7-24(11-16,25(36)5-2-6-25)23(35)34-13-17-9-18(34)12-33(17)22-10-21(26(27,28)29)30-15-31-22/h10,15-20,32,36H,2-9,11-14H2,1H3/t16-,17+,18+,19+,20-,24-/m1/s1. The molecule has 0 radical (unpaired) electrons. The molecule has 2 saturated carbocycles. The molecule has 6 atom stereocenters. The lowest BCUT2D eigenvalue weighted by molar-refractivity contribution is -0.178. The highest BCUT2D eigenvalue weighted by molar-refractivity contribution is 5.86. The van der Waals surface area contributed by atoms with Crippen molar-refractivity contribution >= 4 is 11.7 Å². The van der Waals surface area contributed by atoms with Gasteiger partial charge < -0.3 is 29.7 Å². The van der Waals surface area contributed by atoms with Crippen molar-refractivity contribution in [3.05, 3.63) is 18.1 Å². The maximum Gasteiger partial charge on any atom is 0.433 e. The zero-order chi connectivity index (χ0) is 26.7. The molecular weight excluding hydrogens is 503 g/mol. The van der Waals surface area contributed by atoms with E-state index in [0.29, 0.717) is 58.4 Å². The first-order valence-electron chi connectivity index (χ1n) is 13.7. The number of alkyl halides is 3. The number of carbonyl (C=O) groups excluding carboxylic acids is 1. The van der Waals surface area contributed by atoms with Crippen LogP contribution in [0.2, 0.25) is 0 Å². The number of hydrogen-bond acceptors (Lipinski definition) is 8. The maximum absolute atomic E-state index is 14.3. The first-order valence-corrected chi connectivity index (χ1v) is 13.7. The second-order valence-electron chi connectivity index (χ2n) is 11.7. The molecule has 2 aliphatic carbocycles. The second kappa shape index (κ2) is 9.57. The molecule has 4 heterocycles. The number of aromatic nitrogens is 2. The molecule has 0 aromatic carbocycles. The molecule has 0 unspecified atom stereocenters. The smallest absolute Gasteiger partial charge is 0.389 e. The molecule has 1 aromatic rings. The number of amides is 1. The summed E-state index contributed by atoms with van der Waals surface area (Å²) in [6.45, 7) is 2.07. The van der Waals surface area contributed by atoms with Gasteiger partial charge in [-0.1, -0.05) is 0 Å². The molecule has 3 saturated heterocycles. The summed E-state index contributed by atoms with van der Waals surface area (Å²) < 4.78 is 50.7. The molecule has 12 heteroatoms. The molecule has 3 aliphatic heterocycles. The summed E-state index contributed by atoms with van der Waals surface area (Å²) in [7, 11) is 1.69. The monoisotopic (exact) mass is 539 g/mol. The van der Waals surface area contributed by atoms with E-state index >= 15 is 0 Å². The van der Waals surface area contributed by atoms with Gasteiger partial charge in [0, 0.05) is 45.0 Å². The number of nitrogens with zero attached hydrogens (tertiary/aromatic N) is 4. The van der Waals surface area contributed by atoms with Gasteiger partial charge in [-0.15, -0.1) is 0 Å². The van der Waals surface area contributed by atoms with Gasteiger partial charge in [0.15, 0.2) is 0 Å². The van der Waals surface area contributed by atoms with Gasteiger partial charge in [0.2, 0.25) is 5.91 Å². The average molecular weight is 540 g/mol. The Morgan fingerprint density at radius 3 is 2.68 bits per heavy atom. The van der Waals surface area contributed by atoms with E-state index in [2.05, 4.69) is 15.3 Å². The summed E-state index contributed by atoms with van der Waals surface area (Å²) in [5.74, 6) is 0.249. The fraction of sp³-hybridized carbons (Fsp3) is 0.808. The Labute approximate surface area is 220 Å². The van der Waals surface area contributed by atoms with Gasteiger partial charge >= 0.3 is 6.18 Å².